The maximum absolute atomic E-state index is 12.9. The third-order valence-electron chi connectivity index (χ3n) is 3.91. The van der Waals surface area contributed by atoms with Crippen molar-refractivity contribution in [2.45, 2.75) is 12.4 Å². The lowest BCUT2D eigenvalue weighted by Gasteiger charge is -2.15. The lowest BCUT2D eigenvalue weighted by molar-refractivity contribution is -0.143. The Kier molecular flexibility index (Phi) is 6.86. The van der Waals surface area contributed by atoms with Crippen LogP contribution < -0.4 is 16.0 Å². The summed E-state index contributed by atoms with van der Waals surface area (Å²) in [6.45, 7) is 1.27. The number of amides is 2. The first-order valence-electron chi connectivity index (χ1n) is 8.28. The van der Waals surface area contributed by atoms with Crippen molar-refractivity contribution in [3.8, 4) is 0 Å². The molecule has 3 N–H and O–H groups in total. The number of benzene rings is 2. The molecule has 162 valence electrons. The van der Waals surface area contributed by atoms with Gasteiger partial charge in [0.1, 0.15) is 5.84 Å². The van der Waals surface area contributed by atoms with Crippen molar-refractivity contribution in [3.63, 3.8) is 0 Å². The van der Waals surface area contributed by atoms with Crippen LogP contribution in [0.25, 0.3) is 0 Å². The van der Waals surface area contributed by atoms with E-state index < -0.39 is 35.2 Å². The number of nitrogens with zero attached hydrogens (tertiary/aromatic N) is 1. The molecule has 0 aliphatic carbocycles. The number of nitrogens with one attached hydrogen (secondary N) is 3. The Morgan fingerprint density at radius 1 is 0.900 bits per heavy atom. The molecule has 0 unspecified atom stereocenters. The van der Waals surface area contributed by atoms with Crippen molar-refractivity contribution >= 4 is 35.6 Å². The molecule has 0 spiro atoms. The van der Waals surface area contributed by atoms with Crippen molar-refractivity contribution in [3.05, 3.63) is 59.2 Å². The molecule has 12 heteroatoms. The maximum Gasteiger partial charge on any atom is 0.416 e. The lowest BCUT2D eigenvalue weighted by Crippen LogP contribution is -2.22. The molecule has 0 radical (unpaired) electrons. The van der Waals surface area contributed by atoms with Gasteiger partial charge in [0.05, 0.1) is 17.7 Å². The van der Waals surface area contributed by atoms with Gasteiger partial charge in [-0.15, -0.1) is 12.4 Å². The van der Waals surface area contributed by atoms with Crippen LogP contribution >= 0.6 is 12.4 Å². The molecule has 3 rings (SSSR count). The van der Waals surface area contributed by atoms with Gasteiger partial charge in [0.25, 0.3) is 0 Å². The molecular formula is C18H15ClF6N4O. The minimum absolute atomic E-state index is 0. The molecule has 2 aromatic rings. The zero-order valence-electron chi connectivity index (χ0n) is 15.0. The summed E-state index contributed by atoms with van der Waals surface area (Å²) < 4.78 is 77.4. The molecule has 0 aromatic heterocycles. The van der Waals surface area contributed by atoms with Crippen molar-refractivity contribution in [2.24, 2.45) is 4.99 Å². The van der Waals surface area contributed by atoms with Crippen LogP contribution in [0.2, 0.25) is 0 Å². The van der Waals surface area contributed by atoms with Crippen LogP contribution in [0.3, 0.4) is 0 Å². The molecule has 0 saturated heterocycles. The third-order valence-corrected chi connectivity index (χ3v) is 3.91. The molecular weight excluding hydrogens is 438 g/mol. The van der Waals surface area contributed by atoms with Gasteiger partial charge in [0.15, 0.2) is 0 Å². The summed E-state index contributed by atoms with van der Waals surface area (Å²) in [4.78, 5) is 16.3. The van der Waals surface area contributed by atoms with Crippen LogP contribution in [0.4, 0.5) is 42.5 Å². The molecule has 0 saturated carbocycles. The fourth-order valence-electron chi connectivity index (χ4n) is 2.66. The molecule has 0 fully saturated rings. The average molecular weight is 453 g/mol. The van der Waals surface area contributed by atoms with Crippen molar-refractivity contribution in [2.75, 3.05) is 23.7 Å². The van der Waals surface area contributed by atoms with Crippen LogP contribution in [0.5, 0.6) is 0 Å². The molecule has 1 aliphatic rings. The molecule has 0 bridgehead atoms. The van der Waals surface area contributed by atoms with E-state index in [2.05, 4.69) is 15.6 Å². The van der Waals surface area contributed by atoms with Crippen LogP contribution in [0.1, 0.15) is 16.7 Å². The number of carbonyl (C=O) groups excluding carboxylic acids is 1. The highest BCUT2D eigenvalue weighted by molar-refractivity contribution is 6.03. The largest absolute Gasteiger partial charge is 0.416 e. The van der Waals surface area contributed by atoms with Crippen LogP contribution in [-0.4, -0.2) is 25.0 Å². The molecule has 30 heavy (non-hydrogen) atoms. The molecule has 1 heterocycles. The normalized spacial score (nSPS) is 13.7. The number of anilines is 2. The summed E-state index contributed by atoms with van der Waals surface area (Å²) >= 11 is 0. The molecule has 5 nitrogen and oxygen atoms in total. The second-order valence-corrected chi connectivity index (χ2v) is 6.11. The zero-order valence-corrected chi connectivity index (χ0v) is 15.8. The third kappa shape index (κ3) is 5.78. The van der Waals surface area contributed by atoms with E-state index in [0.717, 1.165) is 0 Å². The summed E-state index contributed by atoms with van der Waals surface area (Å²) in [7, 11) is 0. The second kappa shape index (κ2) is 8.82. The number of alkyl halides is 6. The van der Waals surface area contributed by atoms with E-state index in [4.69, 9.17) is 0 Å². The Bertz CT molecular complexity index is 926. The van der Waals surface area contributed by atoms with Gasteiger partial charge in [-0.3, -0.25) is 4.99 Å². The van der Waals surface area contributed by atoms with Gasteiger partial charge in [0.2, 0.25) is 0 Å². The highest BCUT2D eigenvalue weighted by Gasteiger charge is 2.37. The zero-order chi connectivity index (χ0) is 21.2. The molecule has 1 aliphatic heterocycles. The number of aliphatic imine (C=N–C) groups is 1. The Labute approximate surface area is 173 Å². The highest BCUT2D eigenvalue weighted by atomic mass is 35.5. The summed E-state index contributed by atoms with van der Waals surface area (Å²) in [5.74, 6) is 0.627. The number of amidine groups is 1. The summed E-state index contributed by atoms with van der Waals surface area (Å²) in [5.41, 5.74) is -2.70. The van der Waals surface area contributed by atoms with Gasteiger partial charge in [-0.25, -0.2) is 4.79 Å². The minimum atomic E-state index is -5.00. The predicted octanol–water partition coefficient (Wildman–Crippen LogP) is 5.14. The van der Waals surface area contributed by atoms with E-state index in [0.29, 0.717) is 42.3 Å². The summed E-state index contributed by atoms with van der Waals surface area (Å²) in [6.07, 6.45) is -10.0. The molecule has 2 amide bonds. The first-order valence-corrected chi connectivity index (χ1v) is 8.28. The van der Waals surface area contributed by atoms with Gasteiger partial charge in [0, 0.05) is 23.5 Å². The van der Waals surface area contributed by atoms with Crippen molar-refractivity contribution in [1.29, 1.82) is 0 Å². The Morgan fingerprint density at radius 2 is 1.50 bits per heavy atom. The van der Waals surface area contributed by atoms with E-state index in [1.165, 1.54) is 6.07 Å². The Balaban J connectivity index is 0.00000320. The van der Waals surface area contributed by atoms with Gasteiger partial charge in [-0.2, -0.15) is 26.3 Å². The maximum atomic E-state index is 12.9. The van der Waals surface area contributed by atoms with Gasteiger partial charge >= 0.3 is 18.4 Å². The Hall–Kier alpha value is -2.95. The van der Waals surface area contributed by atoms with E-state index in [-0.39, 0.29) is 18.5 Å². The molecule has 0 atom stereocenters. The number of rotatable bonds is 3. The monoisotopic (exact) mass is 452 g/mol. The SMILES string of the molecule is Cl.O=C(Nc1cccc(C2=NCCN2)c1)Nc1cc(C(F)(F)F)cc(C(F)(F)F)c1. The highest BCUT2D eigenvalue weighted by Crippen LogP contribution is 2.37. The average Bonchev–Trinajstić information content (AvgIpc) is 3.15. The summed E-state index contributed by atoms with van der Waals surface area (Å²) in [6, 6.07) is 6.32. The van der Waals surface area contributed by atoms with E-state index in [9.17, 15) is 31.1 Å². The first-order chi connectivity index (χ1) is 13.5. The fourth-order valence-corrected chi connectivity index (χ4v) is 2.66. The molecule has 2 aromatic carbocycles. The van der Waals surface area contributed by atoms with Crippen molar-refractivity contribution in [1.82, 2.24) is 5.32 Å². The number of hydrogen-bond acceptors (Lipinski definition) is 3. The minimum Gasteiger partial charge on any atom is -0.368 e. The van der Waals surface area contributed by atoms with Crippen LogP contribution in [0, 0.1) is 0 Å². The van der Waals surface area contributed by atoms with Crippen molar-refractivity contribution < 1.29 is 31.1 Å². The lowest BCUT2D eigenvalue weighted by atomic mass is 10.1. The van der Waals surface area contributed by atoms with Gasteiger partial charge < -0.3 is 16.0 Å². The van der Waals surface area contributed by atoms with E-state index in [1.54, 1.807) is 18.2 Å². The fraction of sp³-hybridized carbons (Fsp3) is 0.222. The summed E-state index contributed by atoms with van der Waals surface area (Å²) in [5, 5.41) is 7.43. The number of urea groups is 1. The van der Waals surface area contributed by atoms with Gasteiger partial charge in [-0.1, -0.05) is 12.1 Å². The van der Waals surface area contributed by atoms with Crippen LogP contribution in [-0.2, 0) is 12.4 Å². The topological polar surface area (TPSA) is 65.5 Å². The number of carbonyl (C=O) groups is 1. The number of hydrogen-bond donors (Lipinski definition) is 3. The van der Waals surface area contributed by atoms with Crippen LogP contribution in [0.15, 0.2) is 47.5 Å². The smallest absolute Gasteiger partial charge is 0.368 e. The second-order valence-electron chi connectivity index (χ2n) is 6.11. The first kappa shape index (κ1) is 23.3. The van der Waals surface area contributed by atoms with E-state index >= 15 is 0 Å². The van der Waals surface area contributed by atoms with Gasteiger partial charge in [-0.05, 0) is 30.3 Å². The quantitative estimate of drug-likeness (QED) is 0.565. The standard InChI is InChI=1S/C18H14F6N4O.ClH/c19-17(20,21)11-7-12(18(22,23)24)9-14(8-11)28-16(29)27-13-3-1-2-10(6-13)15-25-4-5-26-15;/h1-3,6-9H,4-5H2,(H,25,26)(H2,27,28,29);1H. The predicted molar refractivity (Wildman–Crippen MR) is 102 cm³/mol. The Morgan fingerprint density at radius 3 is 2.03 bits per heavy atom. The van der Waals surface area contributed by atoms with E-state index in [1.807, 2.05) is 5.32 Å². The number of halogens is 7.